The molecule has 0 unspecified atom stereocenters. The van der Waals surface area contributed by atoms with Gasteiger partial charge in [-0.3, -0.25) is 4.79 Å². The van der Waals surface area contributed by atoms with Crippen molar-refractivity contribution in [1.82, 2.24) is 29.8 Å². The number of carbonyl (C=O) groups excluding carboxylic acids is 1. The Bertz CT molecular complexity index is 1900. The molecule has 0 bridgehead atoms. The number of likely N-dealkylation sites (N-methyl/N-ethyl adjacent to an activating group) is 1. The minimum absolute atomic E-state index is 0.157. The Morgan fingerprint density at radius 2 is 1.98 bits per heavy atom. The van der Waals surface area contributed by atoms with Crippen LogP contribution in [-0.4, -0.2) is 81.5 Å². The van der Waals surface area contributed by atoms with Crippen LogP contribution in [0.2, 0.25) is 5.02 Å². The van der Waals surface area contributed by atoms with Gasteiger partial charge in [-0.05, 0) is 70.8 Å². The molecule has 2 saturated heterocycles. The normalized spacial score (nSPS) is 18.8. The van der Waals surface area contributed by atoms with Gasteiger partial charge in [0.05, 0.1) is 23.6 Å². The van der Waals surface area contributed by atoms with E-state index in [4.69, 9.17) is 16.6 Å². The Hall–Kier alpha value is -4.25. The van der Waals surface area contributed by atoms with Gasteiger partial charge in [0.15, 0.2) is 17.2 Å². The van der Waals surface area contributed by atoms with Gasteiger partial charge in [-0.25, -0.2) is 14.1 Å². The van der Waals surface area contributed by atoms with Crippen LogP contribution in [0.15, 0.2) is 24.3 Å². The maximum absolute atomic E-state index is 16.8. The van der Waals surface area contributed by atoms with Crippen molar-refractivity contribution < 1.29 is 9.18 Å². The molecule has 0 radical (unpaired) electrons. The van der Waals surface area contributed by atoms with Gasteiger partial charge in [0.25, 0.3) is 5.91 Å². The van der Waals surface area contributed by atoms with E-state index in [1.54, 1.807) is 11.8 Å². The number of benzene rings is 2. The fourth-order valence-corrected chi connectivity index (χ4v) is 6.73. The molecular weight excluding hydrogens is 579 g/mol. The number of hydrogen-bond acceptors (Lipinski definition) is 7. The lowest BCUT2D eigenvalue weighted by Gasteiger charge is -2.43. The number of rotatable bonds is 5. The largest absolute Gasteiger partial charge is 0.351 e. The summed E-state index contributed by atoms with van der Waals surface area (Å²) in [5.41, 5.74) is 4.20. The molecule has 0 N–H and O–H groups in total. The minimum atomic E-state index is -0.436. The number of carbonyl (C=O) groups is 1. The molecule has 2 aliphatic heterocycles. The van der Waals surface area contributed by atoms with Crippen LogP contribution in [0.25, 0.3) is 33.1 Å². The third kappa shape index (κ3) is 4.92. The highest BCUT2D eigenvalue weighted by Gasteiger charge is 2.36. The van der Waals surface area contributed by atoms with Crippen molar-refractivity contribution in [1.29, 1.82) is 5.26 Å². The first-order chi connectivity index (χ1) is 21.1. The molecule has 0 aliphatic carbocycles. The number of aromatic nitrogens is 4. The number of fused-ring (bicyclic) bond motifs is 3. The topological polar surface area (TPSA) is 94.2 Å². The second kappa shape index (κ2) is 11.7. The molecule has 2 fully saturated rings. The summed E-state index contributed by atoms with van der Waals surface area (Å²) in [6.45, 7) is 7.32. The smallest absolute Gasteiger partial charge is 0.298 e. The lowest BCUT2D eigenvalue weighted by molar-refractivity contribution is -0.129. The predicted octanol–water partition coefficient (Wildman–Crippen LogP) is 5.28. The van der Waals surface area contributed by atoms with E-state index in [-0.39, 0.29) is 29.9 Å². The molecule has 2 atom stereocenters. The Kier molecular flexibility index (Phi) is 7.91. The van der Waals surface area contributed by atoms with E-state index in [0.717, 1.165) is 24.2 Å². The number of nitriles is 1. The fraction of sp³-hybridized carbons (Fsp3) is 0.424. The van der Waals surface area contributed by atoms with E-state index in [1.165, 1.54) is 0 Å². The van der Waals surface area contributed by atoms with Gasteiger partial charge >= 0.3 is 0 Å². The molecular formula is C33H34ClFN8O. The van der Waals surface area contributed by atoms with Crippen molar-refractivity contribution in [2.24, 2.45) is 0 Å². The molecule has 2 aromatic heterocycles. The summed E-state index contributed by atoms with van der Waals surface area (Å²) in [4.78, 5) is 23.6. The van der Waals surface area contributed by atoms with Crippen molar-refractivity contribution in [3.05, 3.63) is 46.2 Å². The molecule has 4 heterocycles. The zero-order chi connectivity index (χ0) is 31.3. The van der Waals surface area contributed by atoms with E-state index < -0.39 is 5.82 Å². The standard InChI is InChI=1S/C33H34ClFN8O/c1-6-8-26(44)42-14-12-22(16-21(42)11-13-36)43-32-25-15-20(3)27(24-10-7-9-19(2)28(24)34)29(35)30(25)37-33(31(32)38-39-43)41-17-23(18-41)40(4)5/h7,9-10,15,21-23H,11-12,14,16-18H2,1-5H3/t21-,22+/m1/s1. The minimum Gasteiger partial charge on any atom is -0.351 e. The lowest BCUT2D eigenvalue weighted by atomic mass is 9.94. The summed E-state index contributed by atoms with van der Waals surface area (Å²) < 4.78 is 18.7. The average Bonchev–Trinajstić information content (AvgIpc) is 3.41. The van der Waals surface area contributed by atoms with Crippen LogP contribution in [0.3, 0.4) is 0 Å². The third-order valence-corrected chi connectivity index (χ3v) is 9.53. The third-order valence-electron chi connectivity index (χ3n) is 9.02. The van der Waals surface area contributed by atoms with Gasteiger partial charge in [0.2, 0.25) is 0 Å². The van der Waals surface area contributed by atoms with Crippen LogP contribution in [0.5, 0.6) is 0 Å². The summed E-state index contributed by atoms with van der Waals surface area (Å²) in [6.07, 6.45) is 1.29. The van der Waals surface area contributed by atoms with Gasteiger partial charge in [0, 0.05) is 48.2 Å². The van der Waals surface area contributed by atoms with Crippen LogP contribution < -0.4 is 4.90 Å². The van der Waals surface area contributed by atoms with Gasteiger partial charge in [-0.1, -0.05) is 40.9 Å². The van der Waals surface area contributed by atoms with Crippen LogP contribution >= 0.6 is 11.6 Å². The second-order valence-corrected chi connectivity index (χ2v) is 12.3. The zero-order valence-corrected chi connectivity index (χ0v) is 26.3. The van der Waals surface area contributed by atoms with Crippen LogP contribution in [0.1, 0.15) is 43.4 Å². The summed E-state index contributed by atoms with van der Waals surface area (Å²) in [5, 5.41) is 19.9. The Balaban J connectivity index is 1.53. The number of hydrogen-bond donors (Lipinski definition) is 0. The van der Waals surface area contributed by atoms with Gasteiger partial charge in [0.1, 0.15) is 11.0 Å². The van der Waals surface area contributed by atoms with E-state index in [0.29, 0.717) is 63.8 Å². The molecule has 2 aliphatic rings. The number of nitrogens with zero attached hydrogens (tertiary/aromatic N) is 8. The fourth-order valence-electron chi connectivity index (χ4n) is 6.51. The molecule has 11 heteroatoms. The highest BCUT2D eigenvalue weighted by molar-refractivity contribution is 6.34. The van der Waals surface area contributed by atoms with Crippen LogP contribution in [0, 0.1) is 42.8 Å². The number of pyridine rings is 1. The van der Waals surface area contributed by atoms with Crippen LogP contribution in [-0.2, 0) is 4.79 Å². The SMILES string of the molecule is CC#CC(=O)N1CC[C@H](n2nnc3c(N4CC(N(C)C)C4)nc4c(F)c(-c5cccc(C)c5Cl)c(C)cc4c32)C[C@H]1CC#N. The molecule has 1 amide bonds. The maximum atomic E-state index is 16.8. The summed E-state index contributed by atoms with van der Waals surface area (Å²) >= 11 is 6.70. The molecule has 0 saturated carbocycles. The summed E-state index contributed by atoms with van der Waals surface area (Å²) in [6, 6.07) is 9.67. The first-order valence-electron chi connectivity index (χ1n) is 14.8. The van der Waals surface area contributed by atoms with Gasteiger partial charge in [-0.2, -0.15) is 5.26 Å². The Labute approximate surface area is 261 Å². The number of aryl methyl sites for hydroxylation is 2. The van der Waals surface area contributed by atoms with E-state index in [1.807, 2.05) is 56.9 Å². The molecule has 0 spiro atoms. The highest BCUT2D eigenvalue weighted by Crippen LogP contribution is 2.42. The molecule has 4 aromatic rings. The van der Waals surface area contributed by atoms with Crippen molar-refractivity contribution in [3.63, 3.8) is 0 Å². The Morgan fingerprint density at radius 3 is 2.68 bits per heavy atom. The zero-order valence-electron chi connectivity index (χ0n) is 25.5. The maximum Gasteiger partial charge on any atom is 0.298 e. The highest BCUT2D eigenvalue weighted by atomic mass is 35.5. The second-order valence-electron chi connectivity index (χ2n) is 12.0. The monoisotopic (exact) mass is 612 g/mol. The molecule has 44 heavy (non-hydrogen) atoms. The van der Waals surface area contributed by atoms with Crippen molar-refractivity contribution in [2.75, 3.05) is 38.6 Å². The first-order valence-corrected chi connectivity index (χ1v) is 15.2. The van der Waals surface area contributed by atoms with Crippen molar-refractivity contribution >= 4 is 45.3 Å². The molecule has 2 aromatic carbocycles. The van der Waals surface area contributed by atoms with Gasteiger partial charge < -0.3 is 14.7 Å². The molecule has 9 nitrogen and oxygen atoms in total. The van der Waals surface area contributed by atoms with E-state index in [9.17, 15) is 10.1 Å². The number of piperidine rings is 1. The number of anilines is 1. The Morgan fingerprint density at radius 1 is 1.20 bits per heavy atom. The van der Waals surface area contributed by atoms with Crippen molar-refractivity contribution in [2.45, 2.75) is 58.2 Å². The van der Waals surface area contributed by atoms with Crippen LogP contribution in [0.4, 0.5) is 10.2 Å². The number of likely N-dealkylation sites (tertiary alicyclic amines) is 1. The molecule has 6 rings (SSSR count). The molecule has 226 valence electrons. The average molecular weight is 613 g/mol. The quantitative estimate of drug-likeness (QED) is 0.283. The lowest BCUT2D eigenvalue weighted by Crippen LogP contribution is -2.57. The predicted molar refractivity (Wildman–Crippen MR) is 170 cm³/mol. The van der Waals surface area contributed by atoms with Gasteiger partial charge in [-0.15, -0.1) is 5.10 Å². The first kappa shape index (κ1) is 29.8. The van der Waals surface area contributed by atoms with Crippen molar-refractivity contribution in [3.8, 4) is 29.0 Å². The van der Waals surface area contributed by atoms with E-state index >= 15 is 4.39 Å². The summed E-state index contributed by atoms with van der Waals surface area (Å²) in [5.74, 6) is 5.17. The van der Waals surface area contributed by atoms with E-state index in [2.05, 4.69) is 38.0 Å². The number of amides is 1. The summed E-state index contributed by atoms with van der Waals surface area (Å²) in [7, 11) is 4.09. The number of halogens is 2.